The highest BCUT2D eigenvalue weighted by atomic mass is 79.9. The zero-order chi connectivity index (χ0) is 15.2. The van der Waals surface area contributed by atoms with Gasteiger partial charge in [-0.2, -0.15) is 0 Å². The van der Waals surface area contributed by atoms with Crippen LogP contribution in [-0.4, -0.2) is 22.6 Å². The van der Waals surface area contributed by atoms with Crippen molar-refractivity contribution in [2.45, 2.75) is 13.3 Å². The number of anilines is 2. The summed E-state index contributed by atoms with van der Waals surface area (Å²) in [6.45, 7) is 2.58. The van der Waals surface area contributed by atoms with E-state index in [1.165, 1.54) is 0 Å². The van der Waals surface area contributed by atoms with Crippen molar-refractivity contribution in [1.82, 2.24) is 4.98 Å². The third kappa shape index (κ3) is 3.72. The van der Waals surface area contributed by atoms with Crippen molar-refractivity contribution in [3.63, 3.8) is 0 Å². The second kappa shape index (κ2) is 7.08. The summed E-state index contributed by atoms with van der Waals surface area (Å²) in [6, 6.07) is 11.8. The van der Waals surface area contributed by atoms with E-state index in [0.29, 0.717) is 13.0 Å². The zero-order valence-corrected chi connectivity index (χ0v) is 13.3. The molecule has 1 heterocycles. The third-order valence-corrected chi connectivity index (χ3v) is 4.09. The van der Waals surface area contributed by atoms with Gasteiger partial charge in [0.25, 0.3) is 0 Å². The average molecular weight is 349 g/mol. The van der Waals surface area contributed by atoms with E-state index in [4.69, 9.17) is 10.9 Å². The lowest BCUT2D eigenvalue weighted by atomic mass is 10.2. The summed E-state index contributed by atoms with van der Waals surface area (Å²) in [5.41, 5.74) is 7.69. The normalized spacial score (nSPS) is 11.4. The van der Waals surface area contributed by atoms with Gasteiger partial charge in [0.2, 0.25) is 0 Å². The summed E-state index contributed by atoms with van der Waals surface area (Å²) in [5, 5.41) is 11.7. The highest BCUT2D eigenvalue weighted by Crippen LogP contribution is 2.32. The first-order chi connectivity index (χ1) is 10.1. The minimum atomic E-state index is 0.194. The average Bonchev–Trinajstić information content (AvgIpc) is 2.52. The van der Waals surface area contributed by atoms with E-state index >= 15 is 0 Å². The maximum atomic E-state index is 8.71. The van der Waals surface area contributed by atoms with Gasteiger partial charge in [-0.15, -0.1) is 0 Å². The smallest absolute Gasteiger partial charge is 0.147 e. The Labute approximate surface area is 132 Å². The van der Waals surface area contributed by atoms with E-state index in [1.807, 2.05) is 48.2 Å². The first kappa shape index (κ1) is 15.3. The molecule has 0 fully saturated rings. The van der Waals surface area contributed by atoms with Crippen LogP contribution in [0.3, 0.4) is 0 Å². The number of aryl methyl sites for hydroxylation is 1. The van der Waals surface area contributed by atoms with E-state index in [2.05, 4.69) is 26.1 Å². The molecule has 0 amide bonds. The van der Waals surface area contributed by atoms with E-state index in [1.54, 1.807) is 6.20 Å². The molecule has 0 saturated carbocycles. The first-order valence-electron chi connectivity index (χ1n) is 6.53. The number of aromatic nitrogens is 1. The number of benzene rings is 1. The highest BCUT2D eigenvalue weighted by molar-refractivity contribution is 9.10. The number of halogens is 1. The Kier molecular flexibility index (Phi) is 5.16. The Bertz CT molecular complexity index is 631. The van der Waals surface area contributed by atoms with Crippen LogP contribution in [0, 0.1) is 6.92 Å². The molecule has 0 atom stereocenters. The monoisotopic (exact) mass is 348 g/mol. The lowest BCUT2D eigenvalue weighted by molar-refractivity contribution is 0.317. The van der Waals surface area contributed by atoms with Crippen molar-refractivity contribution in [2.75, 3.05) is 11.4 Å². The van der Waals surface area contributed by atoms with Crippen LogP contribution in [0.2, 0.25) is 0 Å². The van der Waals surface area contributed by atoms with Gasteiger partial charge in [-0.1, -0.05) is 23.4 Å². The predicted octanol–water partition coefficient (Wildman–Crippen LogP) is 3.43. The van der Waals surface area contributed by atoms with E-state index in [9.17, 15) is 0 Å². The lowest BCUT2D eigenvalue weighted by Crippen LogP contribution is -2.25. The molecule has 2 aromatic rings. The van der Waals surface area contributed by atoms with Crippen molar-refractivity contribution in [1.29, 1.82) is 0 Å². The Morgan fingerprint density at radius 3 is 2.71 bits per heavy atom. The summed E-state index contributed by atoms with van der Waals surface area (Å²) >= 11 is 3.59. The summed E-state index contributed by atoms with van der Waals surface area (Å²) in [5.74, 6) is 1.01. The fourth-order valence-corrected chi connectivity index (χ4v) is 2.40. The summed E-state index contributed by atoms with van der Waals surface area (Å²) in [4.78, 5) is 6.49. The molecular formula is C15H17BrN4O. The van der Waals surface area contributed by atoms with Crippen LogP contribution < -0.4 is 10.6 Å². The van der Waals surface area contributed by atoms with Crippen LogP contribution in [0.5, 0.6) is 0 Å². The van der Waals surface area contributed by atoms with Gasteiger partial charge in [0, 0.05) is 24.8 Å². The maximum absolute atomic E-state index is 8.71. The van der Waals surface area contributed by atoms with E-state index < -0.39 is 0 Å². The van der Waals surface area contributed by atoms with Gasteiger partial charge in [0.1, 0.15) is 11.7 Å². The molecule has 3 N–H and O–H groups in total. The number of hydrogen-bond acceptors (Lipinski definition) is 4. The number of nitrogens with two attached hydrogens (primary N) is 1. The number of hydrogen-bond donors (Lipinski definition) is 2. The Morgan fingerprint density at radius 1 is 1.33 bits per heavy atom. The standard InChI is InChI=1S/C15H17BrN4O/c1-11-7-9-18-15(14(11)16)20(10-8-13(17)19-21)12-5-3-2-4-6-12/h2-7,9,21H,8,10H2,1H3,(H2,17,19). The second-order valence-corrected chi connectivity index (χ2v) is 5.39. The highest BCUT2D eigenvalue weighted by Gasteiger charge is 2.15. The summed E-state index contributed by atoms with van der Waals surface area (Å²) in [6.07, 6.45) is 2.21. The second-order valence-electron chi connectivity index (χ2n) is 4.59. The molecule has 21 heavy (non-hydrogen) atoms. The van der Waals surface area contributed by atoms with E-state index in [-0.39, 0.29) is 5.84 Å². The van der Waals surface area contributed by atoms with Crippen LogP contribution in [0.15, 0.2) is 52.2 Å². The largest absolute Gasteiger partial charge is 0.409 e. The van der Waals surface area contributed by atoms with Crippen molar-refractivity contribution in [3.8, 4) is 0 Å². The summed E-state index contributed by atoms with van der Waals surface area (Å²) < 4.78 is 0.938. The molecule has 0 unspecified atom stereocenters. The van der Waals surface area contributed by atoms with Crippen molar-refractivity contribution in [2.24, 2.45) is 10.9 Å². The number of nitrogens with zero attached hydrogens (tertiary/aromatic N) is 3. The fourth-order valence-electron chi connectivity index (χ4n) is 1.96. The van der Waals surface area contributed by atoms with Crippen molar-refractivity contribution < 1.29 is 5.21 Å². The number of rotatable bonds is 5. The Morgan fingerprint density at radius 2 is 2.05 bits per heavy atom. The SMILES string of the molecule is Cc1ccnc(N(CC/C(N)=N/O)c2ccccc2)c1Br. The van der Waals surface area contributed by atoms with Gasteiger partial charge in [0.05, 0.1) is 4.47 Å². The van der Waals surface area contributed by atoms with Gasteiger partial charge >= 0.3 is 0 Å². The van der Waals surface area contributed by atoms with Gasteiger partial charge in [-0.3, -0.25) is 0 Å². The number of pyridine rings is 1. The molecule has 0 saturated heterocycles. The van der Waals surface area contributed by atoms with Gasteiger partial charge in [0.15, 0.2) is 0 Å². The fraction of sp³-hybridized carbons (Fsp3) is 0.200. The zero-order valence-electron chi connectivity index (χ0n) is 11.7. The molecule has 6 heteroatoms. The molecule has 0 aliphatic rings. The molecule has 1 aromatic carbocycles. The van der Waals surface area contributed by atoms with Gasteiger partial charge in [-0.25, -0.2) is 4.98 Å². The minimum absolute atomic E-state index is 0.194. The third-order valence-electron chi connectivity index (χ3n) is 3.11. The van der Waals surface area contributed by atoms with Gasteiger partial charge < -0.3 is 15.8 Å². The first-order valence-corrected chi connectivity index (χ1v) is 7.33. The molecule has 1 aromatic heterocycles. The lowest BCUT2D eigenvalue weighted by Gasteiger charge is -2.25. The quantitative estimate of drug-likeness (QED) is 0.375. The molecule has 0 radical (unpaired) electrons. The molecule has 2 rings (SSSR count). The van der Waals surface area contributed by atoms with Crippen LogP contribution in [0.25, 0.3) is 0 Å². The Balaban J connectivity index is 2.38. The minimum Gasteiger partial charge on any atom is -0.409 e. The van der Waals surface area contributed by atoms with Crippen LogP contribution >= 0.6 is 15.9 Å². The molecule has 5 nitrogen and oxygen atoms in total. The maximum Gasteiger partial charge on any atom is 0.147 e. The number of oxime groups is 1. The topological polar surface area (TPSA) is 74.7 Å². The molecule has 110 valence electrons. The molecule has 0 aliphatic heterocycles. The van der Waals surface area contributed by atoms with Crippen molar-refractivity contribution >= 4 is 33.3 Å². The molecule has 0 aliphatic carbocycles. The summed E-state index contributed by atoms with van der Waals surface area (Å²) in [7, 11) is 0. The number of amidine groups is 1. The van der Waals surface area contributed by atoms with Crippen LogP contribution in [0.1, 0.15) is 12.0 Å². The molecule has 0 bridgehead atoms. The molecular weight excluding hydrogens is 332 g/mol. The van der Waals surface area contributed by atoms with Crippen LogP contribution in [-0.2, 0) is 0 Å². The van der Waals surface area contributed by atoms with Gasteiger partial charge in [-0.05, 0) is 46.6 Å². The van der Waals surface area contributed by atoms with E-state index in [0.717, 1.165) is 21.5 Å². The van der Waals surface area contributed by atoms with Crippen LogP contribution in [0.4, 0.5) is 11.5 Å². The predicted molar refractivity (Wildman–Crippen MR) is 88.1 cm³/mol. The van der Waals surface area contributed by atoms with Crippen molar-refractivity contribution in [3.05, 3.63) is 52.6 Å². The molecule has 0 spiro atoms. The number of para-hydroxylation sites is 1. The Hall–Kier alpha value is -2.08.